The van der Waals surface area contributed by atoms with Crippen LogP contribution in [0.1, 0.15) is 62.1 Å². The fourth-order valence-electron chi connectivity index (χ4n) is 7.24. The molecule has 0 spiro atoms. The summed E-state index contributed by atoms with van der Waals surface area (Å²) in [5.74, 6) is -5.49. The lowest BCUT2D eigenvalue weighted by Gasteiger charge is -2.49. The number of aliphatic imine (C=N–C) groups is 1. The molecule has 0 saturated carbocycles. The number of nitrogens with zero attached hydrogens (tertiary/aromatic N) is 2. The van der Waals surface area contributed by atoms with E-state index in [1.54, 1.807) is 24.3 Å². The smallest absolute Gasteiger partial charge is 0.305 e. The Hall–Kier alpha value is -6.29. The quantitative estimate of drug-likeness (QED) is 0.0408. The van der Waals surface area contributed by atoms with Crippen LogP contribution in [0.2, 0.25) is 0 Å². The van der Waals surface area contributed by atoms with Crippen LogP contribution in [0.3, 0.4) is 0 Å². The highest BCUT2D eigenvalue weighted by atomic mass is 16.4. The van der Waals surface area contributed by atoms with Crippen molar-refractivity contribution in [2.45, 2.75) is 88.6 Å². The van der Waals surface area contributed by atoms with Crippen molar-refractivity contribution in [1.82, 2.24) is 26.2 Å². The fraction of sp³-hybridized carbons (Fsp3) is 0.419. The average Bonchev–Trinajstić information content (AvgIpc) is 3.21. The van der Waals surface area contributed by atoms with E-state index in [2.05, 4.69) is 26.3 Å². The summed E-state index contributed by atoms with van der Waals surface area (Å²) >= 11 is 0. The SMILES string of the molecule is CCC(Cc1ccccc1)C1(O)CCC(NC(=O)Cc2ccccc2)C(=O)N1CC(=O)NC(CCCN=C(N)N)C(=O)NC(CC(=O)O)C(=O)NCCc1ccccc1. The fourth-order valence-corrected chi connectivity index (χ4v) is 7.24. The van der Waals surface area contributed by atoms with Gasteiger partial charge in [-0.3, -0.25) is 33.8 Å². The molecular weight excluding hydrogens is 757 g/mol. The van der Waals surface area contributed by atoms with E-state index >= 15 is 0 Å². The van der Waals surface area contributed by atoms with Gasteiger partial charge in [-0.1, -0.05) is 97.9 Å². The van der Waals surface area contributed by atoms with Crippen molar-refractivity contribution in [2.24, 2.45) is 22.4 Å². The minimum atomic E-state index is -1.81. The van der Waals surface area contributed by atoms with Crippen LogP contribution in [0, 0.1) is 5.92 Å². The first kappa shape index (κ1) is 45.4. The van der Waals surface area contributed by atoms with Gasteiger partial charge in [0.15, 0.2) is 5.96 Å². The van der Waals surface area contributed by atoms with Crippen LogP contribution < -0.4 is 32.7 Å². The van der Waals surface area contributed by atoms with Crippen molar-refractivity contribution in [2.75, 3.05) is 19.6 Å². The summed E-state index contributed by atoms with van der Waals surface area (Å²) in [7, 11) is 0. The number of carboxylic acids is 1. The first-order chi connectivity index (χ1) is 28.3. The predicted octanol–water partition coefficient (Wildman–Crippen LogP) is 1.15. The molecular formula is C43H56N8O8. The molecule has 1 fully saturated rings. The van der Waals surface area contributed by atoms with Crippen molar-refractivity contribution >= 4 is 41.5 Å². The summed E-state index contributed by atoms with van der Waals surface area (Å²) in [5.41, 5.74) is 11.7. The van der Waals surface area contributed by atoms with Gasteiger partial charge < -0.3 is 47.8 Å². The Labute approximate surface area is 344 Å². The Morgan fingerprint density at radius 2 is 1.46 bits per heavy atom. The van der Waals surface area contributed by atoms with Crippen molar-refractivity contribution in [3.63, 3.8) is 0 Å². The number of carbonyl (C=O) groups is 6. The monoisotopic (exact) mass is 812 g/mol. The van der Waals surface area contributed by atoms with Gasteiger partial charge in [-0.15, -0.1) is 0 Å². The normalized spacial score (nSPS) is 17.8. The number of hydrogen-bond acceptors (Lipinski definition) is 8. The van der Waals surface area contributed by atoms with Crippen molar-refractivity contribution < 1.29 is 39.0 Å². The highest BCUT2D eigenvalue weighted by molar-refractivity contribution is 5.95. The topological polar surface area (TPSA) is 259 Å². The number of nitrogens with one attached hydrogen (secondary N) is 4. The minimum absolute atomic E-state index is 0.0194. The van der Waals surface area contributed by atoms with Gasteiger partial charge in [0.25, 0.3) is 0 Å². The third-order valence-electron chi connectivity index (χ3n) is 10.3. The van der Waals surface area contributed by atoms with Gasteiger partial charge in [-0.05, 0) is 61.6 Å². The molecule has 59 heavy (non-hydrogen) atoms. The van der Waals surface area contributed by atoms with E-state index in [-0.39, 0.29) is 51.2 Å². The second-order valence-electron chi connectivity index (χ2n) is 14.7. The van der Waals surface area contributed by atoms with Gasteiger partial charge in [0.05, 0.1) is 12.8 Å². The van der Waals surface area contributed by atoms with Crippen LogP contribution in [0.4, 0.5) is 0 Å². The molecule has 3 aromatic rings. The number of carbonyl (C=O) groups excluding carboxylic acids is 5. The van der Waals surface area contributed by atoms with E-state index < -0.39 is 78.2 Å². The Morgan fingerprint density at radius 1 is 0.847 bits per heavy atom. The first-order valence-corrected chi connectivity index (χ1v) is 19.9. The Kier molecular flexibility index (Phi) is 17.4. The minimum Gasteiger partial charge on any atom is -0.481 e. The number of carboxylic acid groups (broad SMARTS) is 1. The molecule has 5 atom stereocenters. The van der Waals surface area contributed by atoms with Crippen LogP contribution in [-0.4, -0.2) is 100 Å². The standard InChI is InChI=1S/C43H56N8O8/c1-2-32(25-30-15-8-4-9-16-30)43(59)22-20-34(49-36(52)26-31-17-10-5-11-18-31)41(58)51(43)28-37(53)48-33(19-12-23-47-42(44)45)40(57)50-35(27-38(54)55)39(56)46-24-21-29-13-6-3-7-14-29/h3-11,13-18,32-35,59H,2,12,19-28H2,1H3,(H,46,56)(H,48,53)(H,49,52)(H,50,57)(H,54,55)(H4,44,45,47). The molecule has 5 unspecified atom stereocenters. The van der Waals surface area contributed by atoms with E-state index in [1.807, 2.05) is 73.7 Å². The maximum absolute atomic E-state index is 14.3. The summed E-state index contributed by atoms with van der Waals surface area (Å²) in [4.78, 5) is 85.1. The number of aliphatic carboxylic acids is 1. The molecule has 316 valence electrons. The molecule has 10 N–H and O–H groups in total. The van der Waals surface area contributed by atoms with Crippen molar-refractivity contribution in [3.8, 4) is 0 Å². The van der Waals surface area contributed by atoms with Crippen molar-refractivity contribution in [1.29, 1.82) is 0 Å². The van der Waals surface area contributed by atoms with Gasteiger partial charge in [0.2, 0.25) is 29.5 Å². The summed E-state index contributed by atoms with van der Waals surface area (Å²) in [6.07, 6.45) is 0.906. The molecule has 16 heteroatoms. The Morgan fingerprint density at radius 3 is 2.05 bits per heavy atom. The molecule has 3 aromatic carbocycles. The zero-order valence-corrected chi connectivity index (χ0v) is 33.3. The highest BCUT2D eigenvalue weighted by Crippen LogP contribution is 2.37. The lowest BCUT2D eigenvalue weighted by molar-refractivity contribution is -0.193. The lowest BCUT2D eigenvalue weighted by Crippen LogP contribution is -2.67. The van der Waals surface area contributed by atoms with Crippen LogP contribution in [0.25, 0.3) is 0 Å². The van der Waals surface area contributed by atoms with Gasteiger partial charge in [-0.2, -0.15) is 0 Å². The van der Waals surface area contributed by atoms with Gasteiger partial charge in [0.1, 0.15) is 30.4 Å². The molecule has 4 rings (SSSR count). The number of likely N-dealkylation sites (tertiary alicyclic amines) is 1. The molecule has 5 amide bonds. The number of rotatable bonds is 22. The average molecular weight is 813 g/mol. The third kappa shape index (κ3) is 14.2. The number of aliphatic hydroxyl groups is 1. The number of hydrogen-bond donors (Lipinski definition) is 8. The van der Waals surface area contributed by atoms with Crippen molar-refractivity contribution in [3.05, 3.63) is 108 Å². The summed E-state index contributed by atoms with van der Waals surface area (Å²) in [6.45, 7) is 1.47. The molecule has 1 heterocycles. The summed E-state index contributed by atoms with van der Waals surface area (Å²) < 4.78 is 0. The zero-order chi connectivity index (χ0) is 42.8. The maximum Gasteiger partial charge on any atom is 0.305 e. The number of amides is 5. The second-order valence-corrected chi connectivity index (χ2v) is 14.7. The molecule has 0 bridgehead atoms. The van der Waals surface area contributed by atoms with Crippen LogP contribution in [0.5, 0.6) is 0 Å². The maximum atomic E-state index is 14.3. The molecule has 0 aliphatic carbocycles. The first-order valence-electron chi connectivity index (χ1n) is 19.9. The van der Waals surface area contributed by atoms with E-state index in [9.17, 15) is 39.0 Å². The van der Waals surface area contributed by atoms with Gasteiger partial charge in [0, 0.05) is 19.0 Å². The summed E-state index contributed by atoms with van der Waals surface area (Å²) in [6, 6.07) is 23.9. The molecule has 1 aliphatic heterocycles. The van der Waals surface area contributed by atoms with Crippen LogP contribution in [-0.2, 0) is 48.0 Å². The molecule has 0 radical (unpaired) electrons. The predicted molar refractivity (Wildman–Crippen MR) is 221 cm³/mol. The highest BCUT2D eigenvalue weighted by Gasteiger charge is 2.50. The van der Waals surface area contributed by atoms with Crippen LogP contribution in [0.15, 0.2) is 96.0 Å². The van der Waals surface area contributed by atoms with E-state index in [0.717, 1.165) is 21.6 Å². The third-order valence-corrected chi connectivity index (χ3v) is 10.3. The lowest BCUT2D eigenvalue weighted by atomic mass is 9.79. The molecule has 0 aromatic heterocycles. The van der Waals surface area contributed by atoms with E-state index in [0.29, 0.717) is 19.3 Å². The number of guanidine groups is 1. The second kappa shape index (κ2) is 22.6. The largest absolute Gasteiger partial charge is 0.481 e. The van der Waals surface area contributed by atoms with Crippen LogP contribution >= 0.6 is 0 Å². The number of nitrogens with two attached hydrogens (primary N) is 2. The Balaban J connectivity index is 1.55. The number of piperidine rings is 1. The van der Waals surface area contributed by atoms with Gasteiger partial charge >= 0.3 is 5.97 Å². The zero-order valence-electron chi connectivity index (χ0n) is 33.3. The molecule has 16 nitrogen and oxygen atoms in total. The Bertz CT molecular complexity index is 1900. The number of benzene rings is 3. The molecule has 1 aliphatic rings. The van der Waals surface area contributed by atoms with E-state index in [4.69, 9.17) is 11.5 Å². The molecule has 1 saturated heterocycles. The summed E-state index contributed by atoms with van der Waals surface area (Å²) in [5, 5.41) is 32.6. The van der Waals surface area contributed by atoms with E-state index in [1.165, 1.54) is 0 Å². The van der Waals surface area contributed by atoms with Gasteiger partial charge in [-0.25, -0.2) is 0 Å².